The molecule has 51 heavy (non-hydrogen) atoms. The van der Waals surface area contributed by atoms with Gasteiger partial charge in [0.05, 0.1) is 53.5 Å². The van der Waals surface area contributed by atoms with Crippen LogP contribution in [0.5, 0.6) is 0 Å². The van der Waals surface area contributed by atoms with E-state index >= 15 is 0 Å². The second kappa shape index (κ2) is 16.1. The van der Waals surface area contributed by atoms with Gasteiger partial charge in [-0.15, -0.1) is 0 Å². The molecule has 3 saturated heterocycles. The van der Waals surface area contributed by atoms with Crippen molar-refractivity contribution < 1.29 is 58.4 Å². The van der Waals surface area contributed by atoms with E-state index in [-0.39, 0.29) is 25.0 Å². The smallest absolute Gasteiger partial charge is 0.311 e. The number of carbonyl (C=O) groups is 1. The first-order valence-corrected chi connectivity index (χ1v) is 18.7. The lowest BCUT2D eigenvalue weighted by molar-refractivity contribution is -0.317. The molecule has 4 N–H and O–H groups in total. The van der Waals surface area contributed by atoms with Gasteiger partial charge in [0.15, 0.2) is 24.1 Å². The Balaban J connectivity index is 1.82. The topological polar surface area (TPSA) is 178 Å². The van der Waals surface area contributed by atoms with Gasteiger partial charge in [0.25, 0.3) is 0 Å². The molecule has 2 bridgehead atoms. The quantitative estimate of drug-likeness (QED) is 0.281. The van der Waals surface area contributed by atoms with Crippen LogP contribution in [0.15, 0.2) is 4.99 Å². The molecule has 4 aliphatic heterocycles. The highest BCUT2D eigenvalue weighted by Gasteiger charge is 2.56. The van der Waals surface area contributed by atoms with E-state index in [0.29, 0.717) is 18.7 Å². The van der Waals surface area contributed by atoms with E-state index in [9.17, 15) is 25.2 Å². The van der Waals surface area contributed by atoms with Crippen molar-refractivity contribution in [2.24, 2.45) is 22.7 Å². The highest BCUT2D eigenvalue weighted by atomic mass is 16.7. The number of aliphatic hydroxyl groups is 4. The molecule has 0 aromatic heterocycles. The molecular formula is C37H66N2O12. The SMILES string of the molecule is CC[C@H]1OC(=O)[C@H](C)[C@@H](O[C@H]2CC(C)(OC)[C@@H](O)C(C)O2)[C@H](C)[C@H](O[C@@H]2OC(C)CC(N(C)C)C2O)C(C)(O)C[C@H](C)N=C2O[C@@]1(C)[C@@H](O)[C@H]2C. The Morgan fingerprint density at radius 2 is 1.59 bits per heavy atom. The molecule has 0 saturated carbocycles. The molecule has 0 aliphatic carbocycles. The molecule has 0 aromatic rings. The summed E-state index contributed by atoms with van der Waals surface area (Å²) in [5.41, 5.74) is -3.90. The molecule has 0 amide bonds. The van der Waals surface area contributed by atoms with Crippen molar-refractivity contribution in [2.45, 2.75) is 185 Å². The van der Waals surface area contributed by atoms with Gasteiger partial charge in [-0.2, -0.15) is 0 Å². The summed E-state index contributed by atoms with van der Waals surface area (Å²) in [6.45, 7) is 17.8. The number of cyclic esters (lactones) is 1. The Labute approximate surface area is 304 Å². The van der Waals surface area contributed by atoms with Crippen LogP contribution in [-0.2, 0) is 38.0 Å². The van der Waals surface area contributed by atoms with Crippen LogP contribution < -0.4 is 0 Å². The predicted molar refractivity (Wildman–Crippen MR) is 188 cm³/mol. The minimum Gasteiger partial charge on any atom is -0.468 e. The van der Waals surface area contributed by atoms with Gasteiger partial charge in [-0.3, -0.25) is 9.79 Å². The fraction of sp³-hybridized carbons (Fsp3) is 0.946. The summed E-state index contributed by atoms with van der Waals surface area (Å²) >= 11 is 0. The number of likely N-dealkylation sites (N-methyl/N-ethyl adjacent to an activating group) is 1. The average Bonchev–Trinajstić information content (AvgIpc) is 3.26. The molecule has 4 aliphatic rings. The van der Waals surface area contributed by atoms with Gasteiger partial charge in [-0.25, -0.2) is 0 Å². The Morgan fingerprint density at radius 3 is 2.18 bits per heavy atom. The number of esters is 1. The fourth-order valence-corrected chi connectivity index (χ4v) is 8.65. The first-order chi connectivity index (χ1) is 23.6. The van der Waals surface area contributed by atoms with Crippen LogP contribution in [0.3, 0.4) is 0 Å². The number of hydrogen-bond donors (Lipinski definition) is 4. The zero-order valence-corrected chi connectivity index (χ0v) is 32.9. The largest absolute Gasteiger partial charge is 0.468 e. The zero-order valence-electron chi connectivity index (χ0n) is 32.9. The number of hydrogen-bond acceptors (Lipinski definition) is 14. The molecule has 14 heteroatoms. The maximum atomic E-state index is 14.2. The monoisotopic (exact) mass is 730 g/mol. The van der Waals surface area contributed by atoms with Crippen molar-refractivity contribution in [3.05, 3.63) is 0 Å². The third-order valence-electron chi connectivity index (χ3n) is 11.9. The van der Waals surface area contributed by atoms with Crippen LogP contribution in [0.1, 0.15) is 94.9 Å². The van der Waals surface area contributed by atoms with Gasteiger partial charge in [0.1, 0.15) is 24.4 Å². The van der Waals surface area contributed by atoms with Gasteiger partial charge >= 0.3 is 5.97 Å². The van der Waals surface area contributed by atoms with Gasteiger partial charge in [0, 0.05) is 31.9 Å². The van der Waals surface area contributed by atoms with Crippen LogP contribution in [0, 0.1) is 17.8 Å². The number of carbonyl (C=O) groups excluding carboxylic acids is 1. The predicted octanol–water partition coefficient (Wildman–Crippen LogP) is 2.41. The summed E-state index contributed by atoms with van der Waals surface area (Å²) in [5, 5.41) is 46.3. The lowest BCUT2D eigenvalue weighted by Gasteiger charge is -2.48. The normalized spacial score (nSPS) is 50.3. The van der Waals surface area contributed by atoms with Crippen molar-refractivity contribution >= 4 is 11.9 Å². The lowest BCUT2D eigenvalue weighted by Crippen LogP contribution is -2.60. The van der Waals surface area contributed by atoms with Crippen LogP contribution in [0.4, 0.5) is 0 Å². The summed E-state index contributed by atoms with van der Waals surface area (Å²) in [6.07, 6.45) is -7.63. The fourth-order valence-electron chi connectivity index (χ4n) is 8.65. The summed E-state index contributed by atoms with van der Waals surface area (Å²) in [7, 11) is 5.28. The molecule has 296 valence electrons. The molecule has 4 heterocycles. The molecule has 0 aromatic carbocycles. The average molecular weight is 731 g/mol. The van der Waals surface area contributed by atoms with Crippen molar-refractivity contribution in [3.8, 4) is 0 Å². The maximum Gasteiger partial charge on any atom is 0.311 e. The Bertz CT molecular complexity index is 1220. The Hall–Kier alpha value is -1.46. The van der Waals surface area contributed by atoms with E-state index < -0.39 is 102 Å². The number of rotatable bonds is 7. The minimum atomic E-state index is -1.62. The zero-order chi connectivity index (χ0) is 38.4. The number of fused-ring (bicyclic) bond motifs is 2. The number of ether oxygens (including phenoxy) is 7. The van der Waals surface area contributed by atoms with E-state index in [1.165, 1.54) is 7.11 Å². The number of nitrogens with zero attached hydrogens (tertiary/aromatic N) is 2. The van der Waals surface area contributed by atoms with E-state index in [0.717, 1.165) is 0 Å². The summed E-state index contributed by atoms with van der Waals surface area (Å²) in [4.78, 5) is 21.0. The van der Waals surface area contributed by atoms with Gasteiger partial charge in [0.2, 0.25) is 0 Å². The molecule has 0 spiro atoms. The van der Waals surface area contributed by atoms with E-state index in [4.69, 9.17) is 38.2 Å². The van der Waals surface area contributed by atoms with Gasteiger partial charge in [-0.1, -0.05) is 20.8 Å². The van der Waals surface area contributed by atoms with Crippen LogP contribution in [0.25, 0.3) is 0 Å². The minimum absolute atomic E-state index is 0.0948. The molecule has 14 nitrogen and oxygen atoms in total. The first kappa shape index (κ1) is 42.3. The molecule has 18 atom stereocenters. The summed E-state index contributed by atoms with van der Waals surface area (Å²) in [5.74, 6) is -2.46. The highest BCUT2D eigenvalue weighted by Crippen LogP contribution is 2.42. The van der Waals surface area contributed by atoms with Crippen molar-refractivity contribution in [1.29, 1.82) is 0 Å². The number of aliphatic hydroxyl groups excluding tert-OH is 3. The summed E-state index contributed by atoms with van der Waals surface area (Å²) < 4.78 is 44.0. The second-order valence-electron chi connectivity index (χ2n) is 16.5. The second-order valence-corrected chi connectivity index (χ2v) is 16.5. The van der Waals surface area contributed by atoms with E-state index in [1.807, 2.05) is 53.6 Å². The Morgan fingerprint density at radius 1 is 0.941 bits per heavy atom. The third kappa shape index (κ3) is 8.60. The standard InChI is InChI=1S/C37H66N2O12/c1-14-25-37(10)29(41)22(6)32(51-37)38-18(2)16-35(8,44)31(50-34-27(40)24(39(11)12)15-19(3)46-34)20(4)28(21(5)33(43)48-25)49-26-17-36(9,45-13)30(42)23(7)47-26/h18-31,34,40-42,44H,14-17H2,1-13H3/t18-,19?,20-,21+,22+,23?,24?,25+,26-,27?,28-,29-,30-,31-,34-,35?,36?,37+/m0/s1. The molecule has 0 radical (unpaired) electrons. The van der Waals surface area contributed by atoms with Gasteiger partial charge < -0.3 is 58.5 Å². The molecular weight excluding hydrogens is 664 g/mol. The van der Waals surface area contributed by atoms with E-state index in [2.05, 4.69) is 0 Å². The number of methoxy groups -OCH3 is 1. The molecule has 6 unspecified atom stereocenters. The van der Waals surface area contributed by atoms with Gasteiger partial charge in [-0.05, 0) is 75.4 Å². The molecule has 3 fully saturated rings. The van der Waals surface area contributed by atoms with E-state index in [1.54, 1.807) is 34.6 Å². The van der Waals surface area contributed by atoms with Crippen molar-refractivity contribution in [3.63, 3.8) is 0 Å². The Kier molecular flexibility index (Phi) is 13.4. The molecule has 4 rings (SSSR count). The third-order valence-corrected chi connectivity index (χ3v) is 11.9. The number of aliphatic imine (C=N–C) groups is 1. The first-order valence-electron chi connectivity index (χ1n) is 18.7. The van der Waals surface area contributed by atoms with Crippen LogP contribution in [-0.4, -0.2) is 149 Å². The highest BCUT2D eigenvalue weighted by molar-refractivity contribution is 5.82. The summed E-state index contributed by atoms with van der Waals surface area (Å²) in [6, 6.07) is -0.767. The van der Waals surface area contributed by atoms with Crippen molar-refractivity contribution in [2.75, 3.05) is 21.2 Å². The van der Waals surface area contributed by atoms with Crippen molar-refractivity contribution in [1.82, 2.24) is 4.90 Å². The maximum absolute atomic E-state index is 14.2. The van der Waals surface area contributed by atoms with Crippen LogP contribution in [0.2, 0.25) is 0 Å². The van der Waals surface area contributed by atoms with Crippen LogP contribution >= 0.6 is 0 Å². The lowest BCUT2D eigenvalue weighted by atomic mass is 9.78.